The van der Waals surface area contributed by atoms with Crippen molar-refractivity contribution in [3.63, 3.8) is 0 Å². The van der Waals surface area contributed by atoms with Gasteiger partial charge < -0.3 is 14.9 Å². The van der Waals surface area contributed by atoms with E-state index in [-0.39, 0.29) is 11.4 Å². The Labute approximate surface area is 165 Å². The normalized spacial score (nSPS) is 14.1. The SMILES string of the molecule is CS(=O)(=O)Cc1cc(-c2ccc([C@@H](O)[C@@H](CF)NC(=O)C(Cl)Cl)cc2)on1. The number of hydrogen-bond donors (Lipinski definition) is 2. The second-order valence-corrected chi connectivity index (χ2v) is 9.13. The van der Waals surface area contributed by atoms with E-state index in [1.165, 1.54) is 18.2 Å². The van der Waals surface area contributed by atoms with Crippen LogP contribution in [0.3, 0.4) is 0 Å². The van der Waals surface area contributed by atoms with Gasteiger partial charge in [-0.3, -0.25) is 4.79 Å². The largest absolute Gasteiger partial charge is 0.386 e. The number of alkyl halides is 3. The molecule has 2 N–H and O–H groups in total. The van der Waals surface area contributed by atoms with E-state index >= 15 is 0 Å². The van der Waals surface area contributed by atoms with Crippen molar-refractivity contribution < 1.29 is 27.2 Å². The van der Waals surface area contributed by atoms with Crippen LogP contribution in [0.15, 0.2) is 34.9 Å². The van der Waals surface area contributed by atoms with Crippen LogP contribution in [-0.2, 0) is 20.4 Å². The van der Waals surface area contributed by atoms with Crippen molar-refractivity contribution >= 4 is 38.9 Å². The molecule has 0 unspecified atom stereocenters. The summed E-state index contributed by atoms with van der Waals surface area (Å²) in [5, 5.41) is 16.2. The Morgan fingerprint density at radius 1 is 1.33 bits per heavy atom. The van der Waals surface area contributed by atoms with E-state index in [4.69, 9.17) is 27.7 Å². The van der Waals surface area contributed by atoms with Gasteiger partial charge in [-0.25, -0.2) is 12.8 Å². The fourth-order valence-electron chi connectivity index (χ4n) is 2.31. The number of halogens is 3. The average Bonchev–Trinajstić information content (AvgIpc) is 3.05. The highest BCUT2D eigenvalue weighted by molar-refractivity contribution is 7.89. The molecule has 0 aliphatic rings. The standard InChI is InChI=1S/C16H17Cl2FN2O5S/c1-27(24,25)8-11-6-13(26-21-11)9-2-4-10(5-3-9)14(22)12(7-19)20-16(23)15(17)18/h2-6,12,14-15,22H,7-8H2,1H3,(H,20,23)/t12-,14-/m1/s1. The number of sulfone groups is 1. The van der Waals surface area contributed by atoms with Crippen LogP contribution in [0.5, 0.6) is 0 Å². The molecule has 0 spiro atoms. The predicted molar refractivity (Wildman–Crippen MR) is 98.8 cm³/mol. The van der Waals surface area contributed by atoms with Crippen LogP contribution >= 0.6 is 23.2 Å². The third kappa shape index (κ3) is 6.17. The van der Waals surface area contributed by atoms with E-state index in [9.17, 15) is 22.7 Å². The number of hydrogen-bond acceptors (Lipinski definition) is 6. The number of rotatable bonds is 8. The van der Waals surface area contributed by atoms with E-state index < -0.39 is 39.4 Å². The summed E-state index contributed by atoms with van der Waals surface area (Å²) in [5.41, 5.74) is 1.20. The zero-order chi connectivity index (χ0) is 20.2. The molecular formula is C16H17Cl2FN2O5S. The number of amides is 1. The first-order valence-corrected chi connectivity index (χ1v) is 10.6. The first-order valence-electron chi connectivity index (χ1n) is 7.67. The molecule has 0 saturated carbocycles. The lowest BCUT2D eigenvalue weighted by Gasteiger charge is -2.22. The quantitative estimate of drug-likeness (QED) is 0.611. The molecule has 0 aliphatic heterocycles. The van der Waals surface area contributed by atoms with Gasteiger partial charge in [-0.15, -0.1) is 0 Å². The molecule has 0 saturated heterocycles. The predicted octanol–water partition coefficient (Wildman–Crippen LogP) is 2.18. The van der Waals surface area contributed by atoms with E-state index in [2.05, 4.69) is 10.5 Å². The minimum absolute atomic E-state index is 0.243. The van der Waals surface area contributed by atoms with Crippen molar-refractivity contribution in [3.8, 4) is 11.3 Å². The third-order valence-corrected chi connectivity index (χ3v) is 4.80. The first kappa shape index (κ1) is 21.6. The Hall–Kier alpha value is -1.68. The molecule has 7 nitrogen and oxygen atoms in total. The van der Waals surface area contributed by atoms with Crippen LogP contribution in [0.1, 0.15) is 17.4 Å². The molecule has 2 aromatic rings. The summed E-state index contributed by atoms with van der Waals surface area (Å²) < 4.78 is 40.9. The van der Waals surface area contributed by atoms with Gasteiger partial charge in [-0.05, 0) is 5.56 Å². The lowest BCUT2D eigenvalue weighted by molar-refractivity contribution is -0.121. The van der Waals surface area contributed by atoms with Crippen molar-refractivity contribution in [3.05, 3.63) is 41.6 Å². The van der Waals surface area contributed by atoms with Gasteiger partial charge in [0, 0.05) is 17.9 Å². The van der Waals surface area contributed by atoms with Crippen LogP contribution < -0.4 is 5.32 Å². The third-order valence-electron chi connectivity index (χ3n) is 3.58. The molecule has 1 aromatic heterocycles. The van der Waals surface area contributed by atoms with Crippen LogP contribution in [-0.4, -0.2) is 48.4 Å². The fourth-order valence-corrected chi connectivity index (χ4v) is 3.11. The smallest absolute Gasteiger partial charge is 0.253 e. The van der Waals surface area contributed by atoms with E-state index in [0.717, 1.165) is 6.26 Å². The molecule has 1 aromatic carbocycles. The van der Waals surface area contributed by atoms with Gasteiger partial charge in [0.05, 0.1) is 17.5 Å². The summed E-state index contributed by atoms with van der Waals surface area (Å²) in [6.07, 6.45) is -0.232. The van der Waals surface area contributed by atoms with Gasteiger partial charge in [-0.2, -0.15) is 0 Å². The lowest BCUT2D eigenvalue weighted by Crippen LogP contribution is -2.43. The summed E-state index contributed by atoms with van der Waals surface area (Å²) in [5.74, 6) is -0.707. The van der Waals surface area contributed by atoms with Crippen molar-refractivity contribution in [1.82, 2.24) is 10.5 Å². The molecule has 0 radical (unpaired) electrons. The van der Waals surface area contributed by atoms with Gasteiger partial charge in [0.25, 0.3) is 5.91 Å². The molecule has 2 rings (SSSR count). The Kier molecular flexibility index (Phi) is 7.21. The number of carbonyl (C=O) groups is 1. The van der Waals surface area contributed by atoms with Crippen LogP contribution in [0, 0.1) is 0 Å². The summed E-state index contributed by atoms with van der Waals surface area (Å²) >= 11 is 10.8. The number of aliphatic hydroxyl groups is 1. The molecule has 2 atom stereocenters. The summed E-state index contributed by atoms with van der Waals surface area (Å²) in [4.78, 5) is 10.1. The number of aliphatic hydroxyl groups excluding tert-OH is 1. The highest BCUT2D eigenvalue weighted by Crippen LogP contribution is 2.25. The molecular weight excluding hydrogens is 422 g/mol. The van der Waals surface area contributed by atoms with E-state index in [1.54, 1.807) is 12.1 Å². The monoisotopic (exact) mass is 438 g/mol. The second kappa shape index (κ2) is 9.01. The zero-order valence-electron chi connectivity index (χ0n) is 14.1. The van der Waals surface area contributed by atoms with Gasteiger partial charge >= 0.3 is 0 Å². The van der Waals surface area contributed by atoms with E-state index in [1.807, 2.05) is 0 Å². The maximum atomic E-state index is 13.2. The fraction of sp³-hybridized carbons (Fsp3) is 0.375. The molecule has 27 heavy (non-hydrogen) atoms. The Bertz CT molecular complexity index is 886. The highest BCUT2D eigenvalue weighted by atomic mass is 35.5. The minimum atomic E-state index is -3.24. The Balaban J connectivity index is 2.13. The minimum Gasteiger partial charge on any atom is -0.386 e. The maximum absolute atomic E-state index is 13.2. The van der Waals surface area contributed by atoms with Crippen LogP contribution in [0.2, 0.25) is 0 Å². The van der Waals surface area contributed by atoms with Gasteiger partial charge in [0.2, 0.25) is 0 Å². The van der Waals surface area contributed by atoms with Gasteiger partial charge in [0.1, 0.15) is 12.8 Å². The number of nitrogens with zero attached hydrogens (tertiary/aromatic N) is 1. The van der Waals surface area contributed by atoms with Crippen LogP contribution in [0.4, 0.5) is 4.39 Å². The highest BCUT2D eigenvalue weighted by Gasteiger charge is 2.25. The van der Waals surface area contributed by atoms with E-state index in [0.29, 0.717) is 16.9 Å². The lowest BCUT2D eigenvalue weighted by atomic mass is 10.0. The van der Waals surface area contributed by atoms with Gasteiger partial charge in [-0.1, -0.05) is 52.6 Å². The molecule has 11 heteroatoms. The molecule has 0 bridgehead atoms. The number of aromatic nitrogens is 1. The first-order chi connectivity index (χ1) is 12.6. The molecule has 1 amide bonds. The van der Waals surface area contributed by atoms with Crippen molar-refractivity contribution in [2.75, 3.05) is 12.9 Å². The maximum Gasteiger partial charge on any atom is 0.253 e. The second-order valence-electron chi connectivity index (χ2n) is 5.89. The number of carbonyl (C=O) groups excluding carboxylic acids is 1. The summed E-state index contributed by atoms with van der Waals surface area (Å²) in [7, 11) is -3.24. The van der Waals surface area contributed by atoms with Gasteiger partial charge in [0.15, 0.2) is 20.4 Å². The topological polar surface area (TPSA) is 110 Å². The molecule has 148 valence electrons. The van der Waals surface area contributed by atoms with Crippen molar-refractivity contribution in [2.24, 2.45) is 0 Å². The molecule has 1 heterocycles. The molecule has 0 fully saturated rings. The van der Waals surface area contributed by atoms with Crippen molar-refractivity contribution in [2.45, 2.75) is 22.7 Å². The average molecular weight is 439 g/mol. The van der Waals surface area contributed by atoms with Crippen molar-refractivity contribution in [1.29, 1.82) is 0 Å². The summed E-state index contributed by atoms with van der Waals surface area (Å²) in [6.45, 7) is -1.02. The number of nitrogens with one attached hydrogen (secondary N) is 1. The number of benzene rings is 1. The molecule has 0 aliphatic carbocycles. The van der Waals surface area contributed by atoms with Crippen LogP contribution in [0.25, 0.3) is 11.3 Å². The summed E-state index contributed by atoms with van der Waals surface area (Å²) in [6, 6.07) is 6.50. The zero-order valence-corrected chi connectivity index (χ0v) is 16.4. The Morgan fingerprint density at radius 2 is 1.96 bits per heavy atom. The Morgan fingerprint density at radius 3 is 2.48 bits per heavy atom.